The standard InChI is InChI=1S/C54H86N16O22/c1-7-24(4)41(52(89)64-29(13-23(2)3)46(83)67-35(21-73)50(87)68-36(22-74)51(88)70-42(26(6)75)53(90)65-33(54(91)92)17-39(58)78)69-43(80)25(5)60-40(79)18-59-45(82)30(14-27-11-9-8-10-12-27)61-47(84)31(15-37(56)76)62-48(85)32(16-38(57)77)63-49(86)34(20-72)66-44(81)28(55)19-71/h8-12,23-26,28-36,41-42,71-75H,7,13-22,55H2,1-6H3,(H2,56,76)(H2,57,77)(H2,58,78)(H,59,82)(H,60,79)(H,61,84)(H,62,85)(H,63,86)(H,64,89)(H,65,90)(H,66,81)(H,67,83)(H,68,87)(H,69,80)(H,70,88)(H,91,92)/t24-,25-,26+,28-,29-,30-,31-,32-,33-,34-,35-,36-,41-,42-/m0/s1. The van der Waals surface area contributed by atoms with E-state index in [-0.39, 0.29) is 25.2 Å². The summed E-state index contributed by atoms with van der Waals surface area (Å²) in [5, 5.41) is 85.2. The normalized spacial score (nSPS) is 15.6. The fourth-order valence-electron chi connectivity index (χ4n) is 8.10. The molecule has 0 aliphatic heterocycles. The van der Waals surface area contributed by atoms with Gasteiger partial charge in [0.15, 0.2) is 0 Å². The molecule has 0 spiro atoms. The lowest BCUT2D eigenvalue weighted by Gasteiger charge is -2.29. The van der Waals surface area contributed by atoms with E-state index in [1.54, 1.807) is 58.0 Å². The summed E-state index contributed by atoms with van der Waals surface area (Å²) in [6.07, 6.45) is -4.60. The van der Waals surface area contributed by atoms with Crippen LogP contribution < -0.4 is 86.7 Å². The van der Waals surface area contributed by atoms with Crippen LogP contribution in [0.1, 0.15) is 79.2 Å². The van der Waals surface area contributed by atoms with Crippen LogP contribution in [0.15, 0.2) is 30.3 Å². The van der Waals surface area contributed by atoms with E-state index in [1.807, 2.05) is 16.0 Å². The van der Waals surface area contributed by atoms with Crippen molar-refractivity contribution in [3.63, 3.8) is 0 Å². The number of rotatable bonds is 42. The molecule has 15 amide bonds. The van der Waals surface area contributed by atoms with Gasteiger partial charge in [0.2, 0.25) is 88.6 Å². The number of aliphatic hydroxyl groups excluding tert-OH is 5. The Bertz CT molecular complexity index is 2780. The van der Waals surface area contributed by atoms with Gasteiger partial charge in [0.05, 0.1) is 58.3 Å². The number of amides is 15. The van der Waals surface area contributed by atoms with Gasteiger partial charge in [0.25, 0.3) is 0 Å². The molecule has 514 valence electrons. The maximum Gasteiger partial charge on any atom is 0.326 e. The van der Waals surface area contributed by atoms with Crippen LogP contribution in [0.4, 0.5) is 0 Å². The Balaban J connectivity index is 3.27. The van der Waals surface area contributed by atoms with Gasteiger partial charge in [-0.1, -0.05) is 64.4 Å². The first-order valence-electron chi connectivity index (χ1n) is 28.6. The van der Waals surface area contributed by atoms with Crippen molar-refractivity contribution in [2.24, 2.45) is 34.8 Å². The highest BCUT2D eigenvalue weighted by atomic mass is 16.4. The van der Waals surface area contributed by atoms with Crippen LogP contribution in [-0.4, -0.2) is 237 Å². The third-order valence-corrected chi connectivity index (χ3v) is 13.4. The zero-order chi connectivity index (χ0) is 70.3. The van der Waals surface area contributed by atoms with E-state index >= 15 is 0 Å². The van der Waals surface area contributed by atoms with Crippen LogP contribution >= 0.6 is 0 Å². The summed E-state index contributed by atoms with van der Waals surface area (Å²) in [6, 6.07) is -12.7. The van der Waals surface area contributed by atoms with Gasteiger partial charge in [-0.3, -0.25) is 71.9 Å². The molecule has 0 unspecified atom stereocenters. The van der Waals surface area contributed by atoms with Crippen molar-refractivity contribution in [3.8, 4) is 0 Å². The topological polar surface area (TPSA) is 643 Å². The fourth-order valence-corrected chi connectivity index (χ4v) is 8.10. The summed E-state index contributed by atoms with van der Waals surface area (Å²) in [5.74, 6) is -19.9. The predicted octanol–water partition coefficient (Wildman–Crippen LogP) is -11.8. The minimum Gasteiger partial charge on any atom is -0.480 e. The maximum absolute atomic E-state index is 14.0. The Morgan fingerprint density at radius 3 is 1.24 bits per heavy atom. The molecule has 26 N–H and O–H groups in total. The van der Waals surface area contributed by atoms with Gasteiger partial charge in [-0.25, -0.2) is 4.79 Å². The highest BCUT2D eigenvalue weighted by molar-refractivity contribution is 6.01. The van der Waals surface area contributed by atoms with Crippen molar-refractivity contribution in [2.75, 3.05) is 33.0 Å². The van der Waals surface area contributed by atoms with Crippen molar-refractivity contribution < 1.29 is 107 Å². The zero-order valence-electron chi connectivity index (χ0n) is 51.3. The van der Waals surface area contributed by atoms with E-state index in [4.69, 9.17) is 28.0 Å². The Hall–Kier alpha value is -9.50. The van der Waals surface area contributed by atoms with Crippen molar-refractivity contribution in [1.29, 1.82) is 0 Å². The van der Waals surface area contributed by atoms with Crippen LogP contribution in [0, 0.1) is 11.8 Å². The summed E-state index contributed by atoms with van der Waals surface area (Å²) in [7, 11) is 0. The summed E-state index contributed by atoms with van der Waals surface area (Å²) < 4.78 is 0. The van der Waals surface area contributed by atoms with E-state index in [1.165, 1.54) is 6.92 Å². The predicted molar refractivity (Wildman–Crippen MR) is 316 cm³/mol. The van der Waals surface area contributed by atoms with Crippen LogP contribution in [0.25, 0.3) is 0 Å². The van der Waals surface area contributed by atoms with Crippen LogP contribution in [0.5, 0.6) is 0 Å². The number of carbonyl (C=O) groups excluding carboxylic acids is 15. The summed E-state index contributed by atoms with van der Waals surface area (Å²) in [6.45, 7) is 3.75. The van der Waals surface area contributed by atoms with E-state index in [9.17, 15) is 102 Å². The van der Waals surface area contributed by atoms with Gasteiger partial charge in [0.1, 0.15) is 72.5 Å². The number of primary amides is 3. The molecule has 38 heteroatoms. The highest BCUT2D eigenvalue weighted by Crippen LogP contribution is 2.13. The molecule has 38 nitrogen and oxygen atoms in total. The molecule has 0 aliphatic rings. The van der Waals surface area contributed by atoms with Crippen LogP contribution in [0.3, 0.4) is 0 Å². The van der Waals surface area contributed by atoms with E-state index in [0.29, 0.717) is 5.56 Å². The lowest BCUT2D eigenvalue weighted by Crippen LogP contribution is -2.62. The smallest absolute Gasteiger partial charge is 0.326 e. The Morgan fingerprint density at radius 1 is 0.435 bits per heavy atom. The Labute approximate surface area is 526 Å². The Kier molecular flexibility index (Phi) is 35.3. The summed E-state index contributed by atoms with van der Waals surface area (Å²) in [5.41, 5.74) is 21.6. The molecule has 1 rings (SSSR count). The van der Waals surface area contributed by atoms with Gasteiger partial charge < -0.3 is 117 Å². The first kappa shape index (κ1) is 80.5. The molecule has 0 saturated heterocycles. The number of carbonyl (C=O) groups is 16. The summed E-state index contributed by atoms with van der Waals surface area (Å²) in [4.78, 5) is 208. The minimum absolute atomic E-state index is 0.106. The Morgan fingerprint density at radius 2 is 0.815 bits per heavy atom. The van der Waals surface area contributed by atoms with E-state index in [0.717, 1.165) is 6.92 Å². The first-order valence-corrected chi connectivity index (χ1v) is 28.6. The molecule has 0 heterocycles. The van der Waals surface area contributed by atoms with E-state index < -0.39 is 231 Å². The average molecular weight is 1310 g/mol. The largest absolute Gasteiger partial charge is 0.480 e. The minimum atomic E-state index is -1.93. The monoisotopic (exact) mass is 1310 g/mol. The molecule has 0 aliphatic carbocycles. The molecule has 0 aromatic heterocycles. The van der Waals surface area contributed by atoms with Crippen molar-refractivity contribution in [1.82, 2.24) is 63.8 Å². The molecule has 0 radical (unpaired) electrons. The maximum atomic E-state index is 14.0. The number of carboxylic acid groups (broad SMARTS) is 1. The number of hydrogen-bond donors (Lipinski definition) is 22. The van der Waals surface area contributed by atoms with Gasteiger partial charge in [-0.2, -0.15) is 0 Å². The van der Waals surface area contributed by atoms with Crippen LogP contribution in [0.2, 0.25) is 0 Å². The lowest BCUT2D eigenvalue weighted by atomic mass is 9.96. The lowest BCUT2D eigenvalue weighted by molar-refractivity contribution is -0.144. The quantitative estimate of drug-likeness (QED) is 0.0289. The van der Waals surface area contributed by atoms with Gasteiger partial charge >= 0.3 is 5.97 Å². The molecule has 1 aromatic rings. The zero-order valence-corrected chi connectivity index (χ0v) is 51.3. The number of nitrogens with two attached hydrogens (primary N) is 4. The number of hydrogen-bond acceptors (Lipinski definition) is 22. The molecule has 0 fully saturated rings. The van der Waals surface area contributed by atoms with Crippen molar-refractivity contribution in [3.05, 3.63) is 35.9 Å². The number of benzene rings is 1. The second-order valence-electron chi connectivity index (χ2n) is 21.6. The van der Waals surface area contributed by atoms with Crippen molar-refractivity contribution in [2.45, 2.75) is 159 Å². The van der Waals surface area contributed by atoms with Crippen LogP contribution in [-0.2, 0) is 83.1 Å². The third-order valence-electron chi connectivity index (χ3n) is 13.4. The summed E-state index contributed by atoms with van der Waals surface area (Å²) >= 11 is 0. The third kappa shape index (κ3) is 28.5. The second-order valence-corrected chi connectivity index (χ2v) is 21.6. The van der Waals surface area contributed by atoms with Crippen molar-refractivity contribution >= 4 is 94.6 Å². The highest BCUT2D eigenvalue weighted by Gasteiger charge is 2.38. The molecule has 0 bridgehead atoms. The van der Waals surface area contributed by atoms with Gasteiger partial charge in [-0.15, -0.1) is 0 Å². The first-order chi connectivity index (χ1) is 43.0. The SMILES string of the molecule is CC[C@H](C)[C@H](NC(=O)[C@H](C)NC(=O)CNC(=O)[C@H](Cc1ccccc1)NC(=O)[C@H](CC(N)=O)NC(=O)[C@H](CC(N)=O)NC(=O)[C@H](CO)NC(=O)[C@@H](N)CO)C(=O)N[C@@H](CC(C)C)C(=O)N[C@@H](CO)C(=O)N[C@@H](CO)C(=O)N[C@H](C(=O)N[C@@H](CC(N)=O)C(=O)O)[C@@H](C)O. The number of aliphatic hydroxyl groups is 5. The molecular formula is C54H86N16O22. The van der Waals surface area contributed by atoms with Gasteiger partial charge in [-0.05, 0) is 37.7 Å². The number of carboxylic acids is 1. The number of nitrogens with one attached hydrogen (secondary N) is 12. The molecular weight excluding hydrogens is 1220 g/mol. The molecule has 0 saturated carbocycles. The second kappa shape index (κ2) is 40.3. The molecule has 92 heavy (non-hydrogen) atoms. The number of aliphatic carboxylic acids is 1. The van der Waals surface area contributed by atoms with Gasteiger partial charge in [0, 0.05) is 6.42 Å². The fraction of sp³-hybridized carbons (Fsp3) is 0.593. The molecule has 14 atom stereocenters. The molecule has 1 aromatic carbocycles. The average Bonchev–Trinajstić information content (AvgIpc) is 1.91. The van der Waals surface area contributed by atoms with E-state index in [2.05, 4.69) is 47.9 Å².